The first-order valence-electron chi connectivity index (χ1n) is 5.26. The van der Waals surface area contributed by atoms with Crippen LogP contribution in [0.2, 0.25) is 0 Å². The van der Waals surface area contributed by atoms with Crippen molar-refractivity contribution in [2.24, 2.45) is 5.10 Å². The van der Waals surface area contributed by atoms with Crippen LogP contribution in [0.4, 0.5) is 4.39 Å². The fourth-order valence-electron chi connectivity index (χ4n) is 1.27. The van der Waals surface area contributed by atoms with Gasteiger partial charge in [0.15, 0.2) is 0 Å². The molecular weight excluding hydrogens is 233 g/mol. The molecule has 0 unspecified atom stereocenters. The number of amides is 1. The van der Waals surface area contributed by atoms with Gasteiger partial charge in [-0.15, -0.1) is 0 Å². The minimum absolute atomic E-state index is 0.286. The lowest BCUT2D eigenvalue weighted by Crippen LogP contribution is -2.18. The van der Waals surface area contributed by atoms with E-state index >= 15 is 0 Å². The van der Waals surface area contributed by atoms with Crippen molar-refractivity contribution >= 4 is 12.1 Å². The van der Waals surface area contributed by atoms with Crippen LogP contribution in [0.1, 0.15) is 16.1 Å². The Labute approximate surface area is 103 Å². The molecule has 90 valence electrons. The normalized spacial score (nSPS) is 10.5. The summed E-state index contributed by atoms with van der Waals surface area (Å²) < 4.78 is 12.6. The van der Waals surface area contributed by atoms with E-state index in [0.717, 1.165) is 0 Å². The Morgan fingerprint density at radius 1 is 1.22 bits per heavy atom. The number of aromatic nitrogens is 1. The molecule has 0 aliphatic heterocycles. The van der Waals surface area contributed by atoms with Gasteiger partial charge in [0.25, 0.3) is 5.91 Å². The molecule has 0 aliphatic carbocycles. The fraction of sp³-hybridized carbons (Fsp3) is 0. The first kappa shape index (κ1) is 11.9. The van der Waals surface area contributed by atoms with Gasteiger partial charge in [0.05, 0.1) is 6.21 Å². The van der Waals surface area contributed by atoms with E-state index in [0.29, 0.717) is 5.56 Å². The second kappa shape index (κ2) is 5.67. The minimum atomic E-state index is -0.394. The third kappa shape index (κ3) is 3.21. The number of halogens is 1. The smallest absolute Gasteiger partial charge is 0.266 e. The highest BCUT2D eigenvalue weighted by Gasteiger charge is 2.03. The van der Waals surface area contributed by atoms with Crippen LogP contribution in [0, 0.1) is 5.82 Å². The summed E-state index contributed by atoms with van der Waals surface area (Å²) in [7, 11) is 0. The van der Waals surface area contributed by atoms with E-state index in [2.05, 4.69) is 15.5 Å². The minimum Gasteiger partial charge on any atom is -0.266 e. The maximum absolute atomic E-state index is 12.6. The largest absolute Gasteiger partial charge is 0.289 e. The molecule has 1 aromatic heterocycles. The Kier molecular flexibility index (Phi) is 3.76. The summed E-state index contributed by atoms with van der Waals surface area (Å²) in [6.07, 6.45) is 2.96. The van der Waals surface area contributed by atoms with Gasteiger partial charge in [-0.05, 0) is 29.8 Å². The number of pyridine rings is 1. The van der Waals surface area contributed by atoms with E-state index < -0.39 is 5.91 Å². The highest BCUT2D eigenvalue weighted by Crippen LogP contribution is 1.99. The van der Waals surface area contributed by atoms with E-state index in [-0.39, 0.29) is 11.5 Å². The number of rotatable bonds is 3. The average molecular weight is 243 g/mol. The van der Waals surface area contributed by atoms with Crippen LogP contribution >= 0.6 is 0 Å². The van der Waals surface area contributed by atoms with Crippen LogP contribution in [0.25, 0.3) is 0 Å². The zero-order valence-corrected chi connectivity index (χ0v) is 9.38. The molecule has 5 heteroatoms. The van der Waals surface area contributed by atoms with Crippen molar-refractivity contribution in [3.05, 3.63) is 65.7 Å². The van der Waals surface area contributed by atoms with Crippen molar-refractivity contribution in [1.29, 1.82) is 0 Å². The second-order valence-corrected chi connectivity index (χ2v) is 3.47. The highest BCUT2D eigenvalue weighted by atomic mass is 19.1. The zero-order chi connectivity index (χ0) is 12.8. The Morgan fingerprint density at radius 2 is 2.00 bits per heavy atom. The van der Waals surface area contributed by atoms with Gasteiger partial charge in [-0.2, -0.15) is 5.10 Å². The molecule has 1 aromatic carbocycles. The summed E-state index contributed by atoms with van der Waals surface area (Å²) in [5.41, 5.74) is 3.31. The Hall–Kier alpha value is -2.56. The number of carbonyl (C=O) groups is 1. The zero-order valence-electron chi connectivity index (χ0n) is 9.38. The summed E-state index contributed by atoms with van der Waals surface area (Å²) in [6.45, 7) is 0. The summed E-state index contributed by atoms with van der Waals surface area (Å²) in [5, 5.41) is 3.76. The predicted octanol–water partition coefficient (Wildman–Crippen LogP) is 1.98. The van der Waals surface area contributed by atoms with Crippen LogP contribution in [0.5, 0.6) is 0 Å². The summed E-state index contributed by atoms with van der Waals surface area (Å²) >= 11 is 0. The van der Waals surface area contributed by atoms with Crippen molar-refractivity contribution in [2.75, 3.05) is 0 Å². The lowest BCUT2D eigenvalue weighted by Gasteiger charge is -1.97. The molecule has 0 aliphatic rings. The molecule has 1 amide bonds. The number of hydrazone groups is 1. The van der Waals surface area contributed by atoms with Gasteiger partial charge >= 0.3 is 0 Å². The molecule has 0 atom stereocenters. The van der Waals surface area contributed by atoms with Crippen LogP contribution in [-0.2, 0) is 0 Å². The number of nitrogens with one attached hydrogen (secondary N) is 1. The number of benzene rings is 1. The molecule has 0 radical (unpaired) electrons. The van der Waals surface area contributed by atoms with Crippen molar-refractivity contribution < 1.29 is 9.18 Å². The molecule has 2 aromatic rings. The maximum atomic E-state index is 12.6. The van der Waals surface area contributed by atoms with Crippen molar-refractivity contribution in [1.82, 2.24) is 10.4 Å². The topological polar surface area (TPSA) is 54.4 Å². The summed E-state index contributed by atoms with van der Waals surface area (Å²) in [5.74, 6) is -0.710. The molecule has 18 heavy (non-hydrogen) atoms. The van der Waals surface area contributed by atoms with Crippen molar-refractivity contribution in [3.63, 3.8) is 0 Å². The highest BCUT2D eigenvalue weighted by molar-refractivity contribution is 5.92. The molecule has 4 nitrogen and oxygen atoms in total. The van der Waals surface area contributed by atoms with Crippen molar-refractivity contribution in [2.45, 2.75) is 0 Å². The number of nitrogens with zero attached hydrogens (tertiary/aromatic N) is 2. The van der Waals surface area contributed by atoms with Gasteiger partial charge in [0.1, 0.15) is 11.5 Å². The lowest BCUT2D eigenvalue weighted by molar-refractivity contribution is 0.0950. The maximum Gasteiger partial charge on any atom is 0.289 e. The third-order valence-electron chi connectivity index (χ3n) is 2.15. The number of hydrogen-bond acceptors (Lipinski definition) is 3. The van der Waals surface area contributed by atoms with E-state index in [4.69, 9.17) is 0 Å². The van der Waals surface area contributed by atoms with Crippen LogP contribution in [-0.4, -0.2) is 17.1 Å². The first-order valence-corrected chi connectivity index (χ1v) is 5.26. The molecule has 0 spiro atoms. The first-order chi connectivity index (χ1) is 8.75. The summed E-state index contributed by atoms with van der Waals surface area (Å²) in [4.78, 5) is 15.4. The molecule has 0 fully saturated rings. The van der Waals surface area contributed by atoms with Gasteiger partial charge in [-0.25, -0.2) is 9.82 Å². The van der Waals surface area contributed by atoms with Gasteiger partial charge in [-0.3, -0.25) is 9.78 Å². The van der Waals surface area contributed by atoms with Crippen LogP contribution < -0.4 is 5.43 Å². The summed E-state index contributed by atoms with van der Waals surface area (Å²) in [6, 6.07) is 10.8. The molecule has 1 N–H and O–H groups in total. The van der Waals surface area contributed by atoms with Gasteiger partial charge in [0, 0.05) is 6.20 Å². The SMILES string of the molecule is O=C(N/N=C/c1ccc(F)cc1)c1ccccn1. The van der Waals surface area contributed by atoms with E-state index in [1.54, 1.807) is 30.3 Å². The quantitative estimate of drug-likeness (QED) is 0.662. The standard InChI is InChI=1S/C13H10FN3O/c14-11-6-4-10(5-7-11)9-16-17-13(18)12-3-1-2-8-15-12/h1-9H,(H,17,18)/b16-9+. The monoisotopic (exact) mass is 243 g/mol. The molecule has 0 saturated carbocycles. The number of carbonyl (C=O) groups excluding carboxylic acids is 1. The van der Waals surface area contributed by atoms with E-state index in [1.807, 2.05) is 0 Å². The Morgan fingerprint density at radius 3 is 2.67 bits per heavy atom. The lowest BCUT2D eigenvalue weighted by atomic mass is 10.2. The van der Waals surface area contributed by atoms with Gasteiger partial charge < -0.3 is 0 Å². The molecule has 0 saturated heterocycles. The van der Waals surface area contributed by atoms with Crippen LogP contribution in [0.3, 0.4) is 0 Å². The Balaban J connectivity index is 1.96. The molecule has 1 heterocycles. The second-order valence-electron chi connectivity index (χ2n) is 3.47. The average Bonchev–Trinajstić information content (AvgIpc) is 2.42. The Bertz CT molecular complexity index is 552. The van der Waals surface area contributed by atoms with E-state index in [9.17, 15) is 9.18 Å². The molecular formula is C13H10FN3O. The molecule has 2 rings (SSSR count). The predicted molar refractivity (Wildman–Crippen MR) is 65.7 cm³/mol. The fourth-order valence-corrected chi connectivity index (χ4v) is 1.27. The third-order valence-corrected chi connectivity index (χ3v) is 2.15. The molecule has 0 bridgehead atoms. The van der Waals surface area contributed by atoms with Gasteiger partial charge in [-0.1, -0.05) is 18.2 Å². The van der Waals surface area contributed by atoms with E-state index in [1.165, 1.54) is 24.5 Å². The van der Waals surface area contributed by atoms with Crippen LogP contribution in [0.15, 0.2) is 53.8 Å². The number of hydrogen-bond donors (Lipinski definition) is 1. The van der Waals surface area contributed by atoms with Gasteiger partial charge in [0.2, 0.25) is 0 Å². The van der Waals surface area contributed by atoms with Crippen molar-refractivity contribution in [3.8, 4) is 0 Å².